The molecule has 0 radical (unpaired) electrons. The maximum absolute atomic E-state index is 5.86. The van der Waals surface area contributed by atoms with Crippen LogP contribution >= 0.6 is 0 Å². The second-order valence-corrected chi connectivity index (χ2v) is 5.19. The van der Waals surface area contributed by atoms with Crippen LogP contribution in [0.1, 0.15) is 32.6 Å². The summed E-state index contributed by atoms with van der Waals surface area (Å²) in [4.78, 5) is 8.47. The van der Waals surface area contributed by atoms with Gasteiger partial charge in [0.05, 0.1) is 25.1 Å². The van der Waals surface area contributed by atoms with Crippen molar-refractivity contribution in [3.05, 3.63) is 12.4 Å². The van der Waals surface area contributed by atoms with Crippen molar-refractivity contribution in [3.8, 4) is 5.88 Å². The fraction of sp³-hybridized carbons (Fsp3) is 0.733. The fourth-order valence-electron chi connectivity index (χ4n) is 2.21. The summed E-state index contributed by atoms with van der Waals surface area (Å²) < 4.78 is 11.3. The Balaban J connectivity index is 1.59. The molecule has 2 N–H and O–H groups in total. The third kappa shape index (κ3) is 6.27. The average molecular weight is 294 g/mol. The smallest absolute Gasteiger partial charge is 0.234 e. The van der Waals surface area contributed by atoms with Crippen molar-refractivity contribution < 1.29 is 9.47 Å². The number of nitrogens with one attached hydrogen (secondary N) is 2. The Bertz CT molecular complexity index is 397. The Kier molecular flexibility index (Phi) is 7.24. The number of anilines is 1. The molecule has 1 aromatic rings. The summed E-state index contributed by atoms with van der Waals surface area (Å²) in [6.45, 7) is 6.50. The predicted molar refractivity (Wildman–Crippen MR) is 82.8 cm³/mol. The van der Waals surface area contributed by atoms with Crippen LogP contribution in [0.4, 0.5) is 5.82 Å². The highest BCUT2D eigenvalue weighted by atomic mass is 16.5. The van der Waals surface area contributed by atoms with Crippen LogP contribution in [0.25, 0.3) is 0 Å². The minimum absolute atomic E-state index is 0.428. The van der Waals surface area contributed by atoms with E-state index in [9.17, 15) is 0 Å². The van der Waals surface area contributed by atoms with E-state index >= 15 is 0 Å². The Morgan fingerprint density at radius 2 is 2.14 bits per heavy atom. The lowest BCUT2D eigenvalue weighted by atomic mass is 10.1. The highest BCUT2D eigenvalue weighted by Gasteiger charge is 2.12. The van der Waals surface area contributed by atoms with Crippen LogP contribution in [0.5, 0.6) is 5.88 Å². The summed E-state index contributed by atoms with van der Waals surface area (Å²) in [6.07, 6.45) is 7.95. The van der Waals surface area contributed by atoms with Gasteiger partial charge in [-0.2, -0.15) is 4.98 Å². The number of hydrogen-bond donors (Lipinski definition) is 2. The Morgan fingerprint density at radius 1 is 1.29 bits per heavy atom. The molecular formula is C15H26N4O2. The van der Waals surface area contributed by atoms with Crippen molar-refractivity contribution in [2.24, 2.45) is 0 Å². The quantitative estimate of drug-likeness (QED) is 0.677. The topological polar surface area (TPSA) is 68.3 Å². The van der Waals surface area contributed by atoms with Crippen molar-refractivity contribution in [3.63, 3.8) is 0 Å². The molecule has 2 heterocycles. The van der Waals surface area contributed by atoms with E-state index in [-0.39, 0.29) is 0 Å². The second kappa shape index (κ2) is 9.52. The SMILES string of the molecule is CCCOc1cncc(NCCCOC2CCNCC2)n1. The number of rotatable bonds is 9. The van der Waals surface area contributed by atoms with E-state index in [1.807, 2.05) is 0 Å². The van der Waals surface area contributed by atoms with Crippen LogP contribution in [0.2, 0.25) is 0 Å². The molecule has 1 aromatic heterocycles. The summed E-state index contributed by atoms with van der Waals surface area (Å²) in [5.74, 6) is 1.33. The van der Waals surface area contributed by atoms with E-state index in [1.54, 1.807) is 12.4 Å². The molecule has 0 spiro atoms. The molecule has 1 aliphatic rings. The molecule has 0 amide bonds. The monoisotopic (exact) mass is 294 g/mol. The lowest BCUT2D eigenvalue weighted by Gasteiger charge is -2.22. The third-order valence-electron chi connectivity index (χ3n) is 3.33. The van der Waals surface area contributed by atoms with Gasteiger partial charge in [0.15, 0.2) is 0 Å². The normalized spacial score (nSPS) is 15.9. The van der Waals surface area contributed by atoms with Gasteiger partial charge in [-0.05, 0) is 38.8 Å². The lowest BCUT2D eigenvalue weighted by molar-refractivity contribution is 0.0329. The minimum atomic E-state index is 0.428. The van der Waals surface area contributed by atoms with Crippen LogP contribution in [-0.4, -0.2) is 48.9 Å². The molecule has 0 aliphatic carbocycles. The number of nitrogens with zero attached hydrogens (tertiary/aromatic N) is 2. The second-order valence-electron chi connectivity index (χ2n) is 5.19. The first-order chi connectivity index (χ1) is 10.4. The standard InChI is InChI=1S/C15H26N4O2/c1-2-9-21-15-12-17-11-14(19-15)18-6-3-10-20-13-4-7-16-8-5-13/h11-13,16H,2-10H2,1H3,(H,18,19). The van der Waals surface area contributed by atoms with Crippen LogP contribution < -0.4 is 15.4 Å². The third-order valence-corrected chi connectivity index (χ3v) is 3.33. The fourth-order valence-corrected chi connectivity index (χ4v) is 2.21. The molecule has 0 bridgehead atoms. The van der Waals surface area contributed by atoms with Gasteiger partial charge in [-0.25, -0.2) is 0 Å². The summed E-state index contributed by atoms with van der Waals surface area (Å²) >= 11 is 0. The summed E-state index contributed by atoms with van der Waals surface area (Å²) in [6, 6.07) is 0. The Labute approximate surface area is 126 Å². The van der Waals surface area contributed by atoms with E-state index in [0.717, 1.165) is 57.7 Å². The van der Waals surface area contributed by atoms with E-state index in [1.165, 1.54) is 0 Å². The van der Waals surface area contributed by atoms with Gasteiger partial charge in [0.25, 0.3) is 0 Å². The molecule has 0 unspecified atom stereocenters. The van der Waals surface area contributed by atoms with E-state index < -0.39 is 0 Å². The molecule has 21 heavy (non-hydrogen) atoms. The number of aromatic nitrogens is 2. The molecular weight excluding hydrogens is 268 g/mol. The minimum Gasteiger partial charge on any atom is -0.477 e. The van der Waals surface area contributed by atoms with Crippen LogP contribution in [0.15, 0.2) is 12.4 Å². The van der Waals surface area contributed by atoms with E-state index in [0.29, 0.717) is 18.6 Å². The lowest BCUT2D eigenvalue weighted by Crippen LogP contribution is -2.32. The van der Waals surface area contributed by atoms with Gasteiger partial charge >= 0.3 is 0 Å². The van der Waals surface area contributed by atoms with Gasteiger partial charge in [0.1, 0.15) is 5.82 Å². The van der Waals surface area contributed by atoms with E-state index in [2.05, 4.69) is 27.5 Å². The molecule has 2 rings (SSSR count). The van der Waals surface area contributed by atoms with Crippen LogP contribution in [-0.2, 0) is 4.74 Å². The molecule has 1 fully saturated rings. The highest BCUT2D eigenvalue weighted by Crippen LogP contribution is 2.10. The van der Waals surface area contributed by atoms with Crippen molar-refractivity contribution >= 4 is 5.82 Å². The number of hydrogen-bond acceptors (Lipinski definition) is 6. The maximum atomic E-state index is 5.86. The zero-order valence-electron chi connectivity index (χ0n) is 12.8. The van der Waals surface area contributed by atoms with Gasteiger partial charge in [0, 0.05) is 13.2 Å². The molecule has 0 aromatic carbocycles. The Hall–Kier alpha value is -1.40. The summed E-state index contributed by atoms with van der Waals surface area (Å²) in [7, 11) is 0. The first-order valence-electron chi connectivity index (χ1n) is 7.89. The molecule has 0 atom stereocenters. The molecule has 118 valence electrons. The van der Waals surface area contributed by atoms with Gasteiger partial charge in [0.2, 0.25) is 5.88 Å². The number of ether oxygens (including phenoxy) is 2. The zero-order chi connectivity index (χ0) is 14.8. The van der Waals surface area contributed by atoms with Gasteiger partial charge in [-0.3, -0.25) is 4.98 Å². The van der Waals surface area contributed by atoms with Gasteiger partial charge < -0.3 is 20.1 Å². The van der Waals surface area contributed by atoms with Crippen LogP contribution in [0, 0.1) is 0 Å². The first kappa shape index (κ1) is 16.0. The predicted octanol–water partition coefficient (Wildman–Crippen LogP) is 1.84. The molecule has 6 heteroatoms. The molecule has 6 nitrogen and oxygen atoms in total. The zero-order valence-corrected chi connectivity index (χ0v) is 12.8. The van der Waals surface area contributed by atoms with Crippen LogP contribution in [0.3, 0.4) is 0 Å². The Morgan fingerprint density at radius 3 is 2.95 bits per heavy atom. The molecule has 0 saturated carbocycles. The van der Waals surface area contributed by atoms with Crippen molar-refractivity contribution in [2.75, 3.05) is 38.2 Å². The van der Waals surface area contributed by atoms with Crippen molar-refractivity contribution in [2.45, 2.75) is 38.7 Å². The molecule has 1 saturated heterocycles. The summed E-state index contributed by atoms with van der Waals surface area (Å²) in [5, 5.41) is 6.59. The molecule has 1 aliphatic heterocycles. The van der Waals surface area contributed by atoms with Gasteiger partial charge in [-0.1, -0.05) is 6.92 Å². The van der Waals surface area contributed by atoms with Crippen molar-refractivity contribution in [1.82, 2.24) is 15.3 Å². The number of piperidine rings is 1. The van der Waals surface area contributed by atoms with Crippen molar-refractivity contribution in [1.29, 1.82) is 0 Å². The average Bonchev–Trinajstić information content (AvgIpc) is 2.54. The maximum Gasteiger partial charge on any atom is 0.234 e. The first-order valence-corrected chi connectivity index (χ1v) is 7.89. The largest absolute Gasteiger partial charge is 0.477 e. The van der Waals surface area contributed by atoms with Gasteiger partial charge in [-0.15, -0.1) is 0 Å². The summed E-state index contributed by atoms with van der Waals surface area (Å²) in [5.41, 5.74) is 0. The highest BCUT2D eigenvalue weighted by molar-refractivity contribution is 5.32. The van der Waals surface area contributed by atoms with E-state index in [4.69, 9.17) is 9.47 Å².